The Morgan fingerprint density at radius 1 is 1.53 bits per heavy atom. The number of hydrogen-bond donors (Lipinski definition) is 0. The molecule has 0 saturated heterocycles. The van der Waals surface area contributed by atoms with Crippen LogP contribution in [0.5, 0.6) is 5.75 Å². The highest BCUT2D eigenvalue weighted by Gasteiger charge is 2.31. The standard InChI is InChI=1S/C9H7F3N2O/c1-6-4-7(15-9(10,11)12)5-14-8(6)2-3-13/h4-5H,2H2,1H3. The molecule has 1 aromatic heterocycles. The Morgan fingerprint density at radius 2 is 2.20 bits per heavy atom. The van der Waals surface area contributed by atoms with Crippen LogP contribution in [0.4, 0.5) is 13.2 Å². The summed E-state index contributed by atoms with van der Waals surface area (Å²) in [5.74, 6) is -0.373. The van der Waals surface area contributed by atoms with Crippen LogP contribution in [0, 0.1) is 18.3 Å². The Morgan fingerprint density at radius 3 is 2.67 bits per heavy atom. The molecule has 0 saturated carbocycles. The zero-order chi connectivity index (χ0) is 11.5. The van der Waals surface area contributed by atoms with Gasteiger partial charge in [-0.15, -0.1) is 13.2 Å². The van der Waals surface area contributed by atoms with Crippen LogP contribution in [0.3, 0.4) is 0 Å². The minimum absolute atomic E-state index is 0.0676. The SMILES string of the molecule is Cc1cc(OC(F)(F)F)cnc1CC#N. The van der Waals surface area contributed by atoms with Gasteiger partial charge in [-0.1, -0.05) is 0 Å². The average Bonchev–Trinajstić information content (AvgIpc) is 2.07. The van der Waals surface area contributed by atoms with E-state index in [1.807, 2.05) is 6.07 Å². The van der Waals surface area contributed by atoms with E-state index >= 15 is 0 Å². The molecule has 0 atom stereocenters. The normalized spacial score (nSPS) is 10.9. The van der Waals surface area contributed by atoms with E-state index in [1.165, 1.54) is 6.07 Å². The highest BCUT2D eigenvalue weighted by atomic mass is 19.4. The number of rotatable bonds is 2. The third-order valence-electron chi connectivity index (χ3n) is 1.64. The summed E-state index contributed by atoms with van der Waals surface area (Å²) in [5.41, 5.74) is 0.949. The molecule has 0 amide bonds. The molecule has 15 heavy (non-hydrogen) atoms. The molecule has 0 aliphatic carbocycles. The second-order valence-electron chi connectivity index (χ2n) is 2.82. The molecule has 1 rings (SSSR count). The van der Waals surface area contributed by atoms with Gasteiger partial charge in [0.1, 0.15) is 5.75 Å². The fourth-order valence-electron chi connectivity index (χ4n) is 1.03. The summed E-state index contributed by atoms with van der Waals surface area (Å²) in [7, 11) is 0. The molecule has 80 valence electrons. The number of nitriles is 1. The molecular formula is C9H7F3N2O. The van der Waals surface area contributed by atoms with Crippen molar-refractivity contribution in [3.8, 4) is 11.8 Å². The average molecular weight is 216 g/mol. The van der Waals surface area contributed by atoms with Gasteiger partial charge in [-0.3, -0.25) is 4.98 Å². The van der Waals surface area contributed by atoms with Gasteiger partial charge in [0.25, 0.3) is 0 Å². The van der Waals surface area contributed by atoms with Crippen molar-refractivity contribution < 1.29 is 17.9 Å². The van der Waals surface area contributed by atoms with Crippen LogP contribution in [0.25, 0.3) is 0 Å². The molecule has 0 aromatic carbocycles. The molecular weight excluding hydrogens is 209 g/mol. The summed E-state index contributed by atoms with van der Waals surface area (Å²) in [4.78, 5) is 3.70. The molecule has 6 heteroatoms. The van der Waals surface area contributed by atoms with Crippen LogP contribution >= 0.6 is 0 Å². The molecule has 3 nitrogen and oxygen atoms in total. The van der Waals surface area contributed by atoms with Crippen molar-refractivity contribution in [3.63, 3.8) is 0 Å². The van der Waals surface area contributed by atoms with Gasteiger partial charge in [0, 0.05) is 0 Å². The highest BCUT2D eigenvalue weighted by Crippen LogP contribution is 2.23. The second kappa shape index (κ2) is 4.17. The monoisotopic (exact) mass is 216 g/mol. The number of pyridine rings is 1. The van der Waals surface area contributed by atoms with Gasteiger partial charge in [0.15, 0.2) is 0 Å². The lowest BCUT2D eigenvalue weighted by Crippen LogP contribution is -2.17. The van der Waals surface area contributed by atoms with Gasteiger partial charge >= 0.3 is 6.36 Å². The Balaban J connectivity index is 2.88. The van der Waals surface area contributed by atoms with Crippen LogP contribution in [0.1, 0.15) is 11.3 Å². The summed E-state index contributed by atoms with van der Waals surface area (Å²) in [6, 6.07) is 3.07. The first-order valence-corrected chi connectivity index (χ1v) is 4.00. The largest absolute Gasteiger partial charge is 0.573 e. The zero-order valence-electron chi connectivity index (χ0n) is 7.80. The van der Waals surface area contributed by atoms with E-state index in [0.29, 0.717) is 11.3 Å². The molecule has 0 aliphatic heterocycles. The Bertz CT molecular complexity index is 395. The summed E-state index contributed by atoms with van der Waals surface area (Å²) >= 11 is 0. The Labute approximate surface area is 84.1 Å². The molecule has 1 heterocycles. The van der Waals surface area contributed by atoms with Crippen LogP contribution < -0.4 is 4.74 Å². The lowest BCUT2D eigenvalue weighted by Gasteiger charge is -2.09. The van der Waals surface area contributed by atoms with Crippen molar-refractivity contribution in [2.45, 2.75) is 19.7 Å². The minimum Gasteiger partial charge on any atom is -0.404 e. The molecule has 0 bridgehead atoms. The number of aryl methyl sites for hydroxylation is 1. The minimum atomic E-state index is -4.72. The summed E-state index contributed by atoms with van der Waals surface area (Å²) in [6.45, 7) is 1.57. The Kier molecular flexibility index (Phi) is 3.14. The maximum Gasteiger partial charge on any atom is 0.573 e. The first-order valence-electron chi connectivity index (χ1n) is 4.00. The van der Waals surface area contributed by atoms with Gasteiger partial charge in [-0.25, -0.2) is 0 Å². The molecule has 1 aromatic rings. The quantitative estimate of drug-likeness (QED) is 0.762. The van der Waals surface area contributed by atoms with E-state index in [-0.39, 0.29) is 12.2 Å². The number of alkyl halides is 3. The zero-order valence-corrected chi connectivity index (χ0v) is 7.80. The topological polar surface area (TPSA) is 45.9 Å². The van der Waals surface area contributed by atoms with Crippen molar-refractivity contribution in [2.75, 3.05) is 0 Å². The predicted molar refractivity (Wildman–Crippen MR) is 45.0 cm³/mol. The van der Waals surface area contributed by atoms with Gasteiger partial charge in [0.2, 0.25) is 0 Å². The van der Waals surface area contributed by atoms with Crippen molar-refractivity contribution in [1.82, 2.24) is 4.98 Å². The summed E-state index contributed by atoms with van der Waals surface area (Å²) < 4.78 is 39.1. The molecule has 0 fully saturated rings. The number of hydrogen-bond acceptors (Lipinski definition) is 3. The molecule has 0 N–H and O–H groups in total. The third kappa shape index (κ3) is 3.46. The van der Waals surface area contributed by atoms with Crippen LogP contribution in [-0.2, 0) is 6.42 Å². The summed E-state index contributed by atoms with van der Waals surface area (Å²) in [6.07, 6.45) is -3.70. The fraction of sp³-hybridized carbons (Fsp3) is 0.333. The van der Waals surface area contributed by atoms with E-state index in [2.05, 4.69) is 9.72 Å². The van der Waals surface area contributed by atoms with Crippen molar-refractivity contribution in [3.05, 3.63) is 23.5 Å². The summed E-state index contributed by atoms with van der Waals surface area (Å²) in [5, 5.41) is 8.40. The third-order valence-corrected chi connectivity index (χ3v) is 1.64. The van der Waals surface area contributed by atoms with Crippen LogP contribution in [-0.4, -0.2) is 11.3 Å². The van der Waals surface area contributed by atoms with Crippen molar-refractivity contribution >= 4 is 0 Å². The number of halogens is 3. The molecule has 0 unspecified atom stereocenters. The van der Waals surface area contributed by atoms with E-state index in [9.17, 15) is 13.2 Å². The number of aromatic nitrogens is 1. The van der Waals surface area contributed by atoms with Gasteiger partial charge < -0.3 is 4.74 Å². The van der Waals surface area contributed by atoms with Crippen LogP contribution in [0.15, 0.2) is 12.3 Å². The van der Waals surface area contributed by atoms with Gasteiger partial charge in [-0.05, 0) is 18.6 Å². The van der Waals surface area contributed by atoms with E-state index in [1.54, 1.807) is 6.92 Å². The second-order valence-corrected chi connectivity index (χ2v) is 2.82. The number of ether oxygens (including phenoxy) is 1. The fourth-order valence-corrected chi connectivity index (χ4v) is 1.03. The van der Waals surface area contributed by atoms with Crippen LogP contribution in [0.2, 0.25) is 0 Å². The lowest BCUT2D eigenvalue weighted by molar-refractivity contribution is -0.274. The Hall–Kier alpha value is -1.77. The molecule has 0 radical (unpaired) electrons. The van der Waals surface area contributed by atoms with Crippen molar-refractivity contribution in [2.24, 2.45) is 0 Å². The molecule has 0 aliphatic rings. The number of nitrogens with zero attached hydrogens (tertiary/aromatic N) is 2. The smallest absolute Gasteiger partial charge is 0.404 e. The maximum atomic E-state index is 11.8. The first-order chi connectivity index (χ1) is 6.92. The molecule has 0 spiro atoms. The first kappa shape index (κ1) is 11.3. The van der Waals surface area contributed by atoms with E-state index < -0.39 is 6.36 Å². The van der Waals surface area contributed by atoms with E-state index in [0.717, 1.165) is 6.20 Å². The lowest BCUT2D eigenvalue weighted by atomic mass is 10.2. The van der Waals surface area contributed by atoms with E-state index in [4.69, 9.17) is 5.26 Å². The highest BCUT2D eigenvalue weighted by molar-refractivity contribution is 5.29. The predicted octanol–water partition coefficient (Wildman–Crippen LogP) is 2.35. The maximum absolute atomic E-state index is 11.8. The van der Waals surface area contributed by atoms with Gasteiger partial charge in [-0.2, -0.15) is 5.26 Å². The van der Waals surface area contributed by atoms with Gasteiger partial charge in [0.05, 0.1) is 24.4 Å². The van der Waals surface area contributed by atoms with Crippen molar-refractivity contribution in [1.29, 1.82) is 5.26 Å².